The number of nitro benzene ring substituents is 1. The van der Waals surface area contributed by atoms with E-state index in [0.29, 0.717) is 18.0 Å². The third-order valence-corrected chi connectivity index (χ3v) is 2.38. The van der Waals surface area contributed by atoms with E-state index >= 15 is 0 Å². The molecule has 1 rings (SSSR count). The van der Waals surface area contributed by atoms with Crippen LogP contribution in [0.1, 0.15) is 13.8 Å². The molecule has 0 amide bonds. The molecule has 0 spiro atoms. The molecule has 0 aromatic heterocycles. The highest BCUT2D eigenvalue weighted by molar-refractivity contribution is 5.65. The fourth-order valence-electron chi connectivity index (χ4n) is 1.32. The van der Waals surface area contributed by atoms with Crippen molar-refractivity contribution in [3.8, 4) is 5.75 Å². The number of nitro groups is 1. The number of nitrogens with zero attached hydrogens (tertiary/aromatic N) is 1. The molecule has 94 valence electrons. The van der Waals surface area contributed by atoms with Crippen LogP contribution in [0.5, 0.6) is 5.75 Å². The molecule has 0 aliphatic heterocycles. The second kappa shape index (κ2) is 5.01. The van der Waals surface area contributed by atoms with E-state index in [1.807, 2.05) is 13.8 Å². The summed E-state index contributed by atoms with van der Waals surface area (Å²) >= 11 is 0. The van der Waals surface area contributed by atoms with Crippen molar-refractivity contribution in [3.63, 3.8) is 0 Å². The smallest absolute Gasteiger partial charge is 0.292 e. The lowest BCUT2D eigenvalue weighted by Gasteiger charge is -2.25. The van der Waals surface area contributed by atoms with E-state index in [-0.39, 0.29) is 5.69 Å². The number of rotatable bonds is 5. The van der Waals surface area contributed by atoms with Gasteiger partial charge in [-0.1, -0.05) is 0 Å². The summed E-state index contributed by atoms with van der Waals surface area (Å²) in [5.74, 6) is 0.561. The Morgan fingerprint density at radius 2 is 2.18 bits per heavy atom. The maximum atomic E-state index is 10.9. The second-order valence-corrected chi connectivity index (χ2v) is 4.35. The van der Waals surface area contributed by atoms with Gasteiger partial charge >= 0.3 is 0 Å². The van der Waals surface area contributed by atoms with Crippen molar-refractivity contribution in [1.82, 2.24) is 0 Å². The molecule has 0 fully saturated rings. The molecular weight excluding hydrogens is 222 g/mol. The molecule has 0 aliphatic carbocycles. The van der Waals surface area contributed by atoms with Crippen molar-refractivity contribution in [3.05, 3.63) is 28.3 Å². The van der Waals surface area contributed by atoms with Gasteiger partial charge in [-0.3, -0.25) is 10.1 Å². The lowest BCUT2D eigenvalue weighted by atomic mass is 10.1. The number of ether oxygens (including phenoxy) is 1. The van der Waals surface area contributed by atoms with E-state index < -0.39 is 10.5 Å². The number of nitrogens with one attached hydrogen (secondary N) is 1. The fraction of sp³-hybridized carbons (Fsp3) is 0.455. The van der Waals surface area contributed by atoms with Crippen LogP contribution in [0.4, 0.5) is 11.4 Å². The van der Waals surface area contributed by atoms with Crippen LogP contribution in [0.25, 0.3) is 0 Å². The molecular formula is C11H17N3O3. The largest absolute Gasteiger partial charge is 0.497 e. The summed E-state index contributed by atoms with van der Waals surface area (Å²) in [6.07, 6.45) is 0. The van der Waals surface area contributed by atoms with Gasteiger partial charge in [-0.2, -0.15) is 0 Å². The number of nitrogens with two attached hydrogens (primary N) is 1. The van der Waals surface area contributed by atoms with Crippen LogP contribution < -0.4 is 15.8 Å². The normalized spacial score (nSPS) is 11.1. The summed E-state index contributed by atoms with van der Waals surface area (Å²) in [5.41, 5.74) is 5.58. The van der Waals surface area contributed by atoms with Crippen LogP contribution in [0.3, 0.4) is 0 Å². The number of anilines is 1. The SMILES string of the molecule is COc1ccc([N+](=O)[O-])c(NC(C)(C)CN)c1. The highest BCUT2D eigenvalue weighted by atomic mass is 16.6. The highest BCUT2D eigenvalue weighted by Crippen LogP contribution is 2.30. The Morgan fingerprint density at radius 1 is 1.53 bits per heavy atom. The predicted octanol–water partition coefficient (Wildman–Crippen LogP) is 1.75. The molecule has 0 bridgehead atoms. The van der Waals surface area contributed by atoms with Crippen molar-refractivity contribution < 1.29 is 9.66 Å². The summed E-state index contributed by atoms with van der Waals surface area (Å²) in [6.45, 7) is 4.10. The molecule has 3 N–H and O–H groups in total. The Balaban J connectivity index is 3.13. The maximum Gasteiger partial charge on any atom is 0.292 e. The van der Waals surface area contributed by atoms with Gasteiger partial charge in [-0.25, -0.2) is 0 Å². The molecule has 0 saturated heterocycles. The van der Waals surface area contributed by atoms with E-state index in [4.69, 9.17) is 10.5 Å². The molecule has 1 aromatic carbocycles. The zero-order chi connectivity index (χ0) is 13.1. The lowest BCUT2D eigenvalue weighted by molar-refractivity contribution is -0.384. The second-order valence-electron chi connectivity index (χ2n) is 4.35. The van der Waals surface area contributed by atoms with Gasteiger partial charge < -0.3 is 15.8 Å². The van der Waals surface area contributed by atoms with Gasteiger partial charge in [0.05, 0.1) is 12.0 Å². The van der Waals surface area contributed by atoms with Gasteiger partial charge in [0.25, 0.3) is 5.69 Å². The molecule has 17 heavy (non-hydrogen) atoms. The average molecular weight is 239 g/mol. The van der Waals surface area contributed by atoms with Gasteiger partial charge in [0.1, 0.15) is 11.4 Å². The van der Waals surface area contributed by atoms with Crippen molar-refractivity contribution in [2.45, 2.75) is 19.4 Å². The van der Waals surface area contributed by atoms with Crippen molar-refractivity contribution in [2.24, 2.45) is 5.73 Å². The van der Waals surface area contributed by atoms with Crippen molar-refractivity contribution in [1.29, 1.82) is 0 Å². The first-order valence-electron chi connectivity index (χ1n) is 5.20. The first kappa shape index (κ1) is 13.2. The summed E-state index contributed by atoms with van der Waals surface area (Å²) in [6, 6.07) is 4.56. The summed E-state index contributed by atoms with van der Waals surface area (Å²) in [5, 5.41) is 13.9. The summed E-state index contributed by atoms with van der Waals surface area (Å²) in [7, 11) is 1.51. The van der Waals surface area contributed by atoms with Gasteiger partial charge in [0.15, 0.2) is 0 Å². The predicted molar refractivity (Wildman–Crippen MR) is 66.4 cm³/mol. The molecule has 0 atom stereocenters. The highest BCUT2D eigenvalue weighted by Gasteiger charge is 2.21. The van der Waals surface area contributed by atoms with Crippen molar-refractivity contribution >= 4 is 11.4 Å². The topological polar surface area (TPSA) is 90.4 Å². The molecule has 1 aromatic rings. The summed E-state index contributed by atoms with van der Waals surface area (Å²) < 4.78 is 5.04. The molecule has 0 aliphatic rings. The quantitative estimate of drug-likeness (QED) is 0.603. The van der Waals surface area contributed by atoms with Crippen LogP contribution >= 0.6 is 0 Å². The maximum absolute atomic E-state index is 10.9. The lowest BCUT2D eigenvalue weighted by Crippen LogP contribution is -2.39. The Labute approximate surface area is 99.9 Å². The van der Waals surface area contributed by atoms with Crippen LogP contribution in [-0.4, -0.2) is 24.1 Å². The monoisotopic (exact) mass is 239 g/mol. The minimum atomic E-state index is -0.436. The Hall–Kier alpha value is -1.82. The molecule has 6 heteroatoms. The third kappa shape index (κ3) is 3.32. The number of methoxy groups -OCH3 is 1. The van der Waals surface area contributed by atoms with Gasteiger partial charge in [-0.15, -0.1) is 0 Å². The van der Waals surface area contributed by atoms with E-state index in [1.54, 1.807) is 12.1 Å². The van der Waals surface area contributed by atoms with Gasteiger partial charge in [0, 0.05) is 24.2 Å². The number of hydrogen-bond donors (Lipinski definition) is 2. The minimum absolute atomic E-state index is 0.00678. The van der Waals surface area contributed by atoms with E-state index in [9.17, 15) is 10.1 Å². The van der Waals surface area contributed by atoms with Crippen molar-refractivity contribution in [2.75, 3.05) is 19.0 Å². The fourth-order valence-corrected chi connectivity index (χ4v) is 1.32. The molecule has 0 heterocycles. The zero-order valence-corrected chi connectivity index (χ0v) is 10.2. The van der Waals surface area contributed by atoms with Crippen LogP contribution in [0.15, 0.2) is 18.2 Å². The van der Waals surface area contributed by atoms with E-state index in [2.05, 4.69) is 5.32 Å². The molecule has 0 unspecified atom stereocenters. The first-order valence-corrected chi connectivity index (χ1v) is 5.20. The van der Waals surface area contributed by atoms with E-state index in [0.717, 1.165) is 0 Å². The molecule has 0 radical (unpaired) electrons. The minimum Gasteiger partial charge on any atom is -0.497 e. The third-order valence-electron chi connectivity index (χ3n) is 2.38. The molecule has 0 saturated carbocycles. The Bertz CT molecular complexity index is 418. The number of hydrogen-bond acceptors (Lipinski definition) is 5. The van der Waals surface area contributed by atoms with Crippen LogP contribution in [0.2, 0.25) is 0 Å². The average Bonchev–Trinajstić information content (AvgIpc) is 2.28. The Kier molecular flexibility index (Phi) is 3.90. The first-order chi connectivity index (χ1) is 7.89. The summed E-state index contributed by atoms with van der Waals surface area (Å²) in [4.78, 5) is 10.5. The van der Waals surface area contributed by atoms with E-state index in [1.165, 1.54) is 13.2 Å². The number of benzene rings is 1. The standard InChI is InChI=1S/C11H17N3O3/c1-11(2,7-12)13-9-6-8(17-3)4-5-10(9)14(15)16/h4-6,13H,7,12H2,1-3H3. The van der Waals surface area contributed by atoms with Gasteiger partial charge in [0.2, 0.25) is 0 Å². The van der Waals surface area contributed by atoms with Gasteiger partial charge in [-0.05, 0) is 19.9 Å². The Morgan fingerprint density at radius 3 is 2.65 bits per heavy atom. The molecule has 6 nitrogen and oxygen atoms in total. The van der Waals surface area contributed by atoms with Crippen LogP contribution in [-0.2, 0) is 0 Å². The zero-order valence-electron chi connectivity index (χ0n) is 10.2. The van der Waals surface area contributed by atoms with Crippen LogP contribution in [0, 0.1) is 10.1 Å².